The van der Waals surface area contributed by atoms with E-state index in [0.717, 1.165) is 47.1 Å². The monoisotopic (exact) mass is 433 g/mol. The van der Waals surface area contributed by atoms with Gasteiger partial charge in [0.1, 0.15) is 11.3 Å². The summed E-state index contributed by atoms with van der Waals surface area (Å²) in [6.45, 7) is 2.83. The van der Waals surface area contributed by atoms with E-state index < -0.39 is 0 Å². The minimum atomic E-state index is -0.388. The molecule has 1 aliphatic heterocycles. The normalized spacial score (nSPS) is 13.6. The molecule has 4 rings (SSSR count). The van der Waals surface area contributed by atoms with E-state index in [0.29, 0.717) is 12.1 Å². The van der Waals surface area contributed by atoms with Crippen molar-refractivity contribution in [3.63, 3.8) is 0 Å². The van der Waals surface area contributed by atoms with E-state index >= 15 is 0 Å². The van der Waals surface area contributed by atoms with Crippen molar-refractivity contribution in [2.45, 2.75) is 39.3 Å². The first-order chi connectivity index (χ1) is 15.5. The molecule has 0 saturated carbocycles. The molecule has 0 aliphatic carbocycles. The van der Waals surface area contributed by atoms with Crippen LogP contribution in [0.5, 0.6) is 0 Å². The fourth-order valence-corrected chi connectivity index (χ4v) is 3.94. The maximum absolute atomic E-state index is 13.1. The first kappa shape index (κ1) is 21.6. The largest absolute Gasteiger partial charge is 0.461 e. The van der Waals surface area contributed by atoms with E-state index in [1.165, 1.54) is 4.90 Å². The molecule has 3 aromatic rings. The van der Waals surface area contributed by atoms with Gasteiger partial charge in [-0.05, 0) is 30.2 Å². The number of nitrogens with one attached hydrogen (secondary N) is 1. The summed E-state index contributed by atoms with van der Waals surface area (Å²) in [6.07, 6.45) is 2.95. The van der Waals surface area contributed by atoms with Crippen LogP contribution in [-0.2, 0) is 24.3 Å². The molecule has 4 amide bonds. The van der Waals surface area contributed by atoms with Crippen LogP contribution in [0.25, 0.3) is 11.0 Å². The van der Waals surface area contributed by atoms with E-state index in [9.17, 15) is 14.4 Å². The number of amides is 4. The van der Waals surface area contributed by atoms with Crippen LogP contribution < -0.4 is 5.32 Å². The molecule has 1 fully saturated rings. The van der Waals surface area contributed by atoms with Crippen molar-refractivity contribution in [1.82, 2.24) is 15.1 Å². The van der Waals surface area contributed by atoms with Crippen molar-refractivity contribution in [1.29, 1.82) is 0 Å². The molecule has 0 unspecified atom stereocenters. The minimum Gasteiger partial charge on any atom is -0.461 e. The summed E-state index contributed by atoms with van der Waals surface area (Å²) >= 11 is 0. The van der Waals surface area contributed by atoms with Gasteiger partial charge in [-0.1, -0.05) is 43.7 Å². The van der Waals surface area contributed by atoms with Gasteiger partial charge in [-0.2, -0.15) is 0 Å². The second kappa shape index (κ2) is 9.26. The average Bonchev–Trinajstić information content (AvgIpc) is 3.32. The Labute approximate surface area is 187 Å². The highest BCUT2D eigenvalue weighted by atomic mass is 16.3. The topological polar surface area (TPSA) is 82.9 Å². The number of hydrogen-bond acceptors (Lipinski definition) is 4. The van der Waals surface area contributed by atoms with Gasteiger partial charge in [-0.3, -0.25) is 14.5 Å². The molecule has 2 heterocycles. The van der Waals surface area contributed by atoms with Crippen LogP contribution >= 0.6 is 0 Å². The highest BCUT2D eigenvalue weighted by molar-refractivity contribution is 6.01. The highest BCUT2D eigenvalue weighted by Crippen LogP contribution is 2.28. The lowest BCUT2D eigenvalue weighted by Gasteiger charge is -2.18. The van der Waals surface area contributed by atoms with Gasteiger partial charge in [0.15, 0.2) is 0 Å². The van der Waals surface area contributed by atoms with Crippen molar-refractivity contribution in [3.05, 3.63) is 71.0 Å². The van der Waals surface area contributed by atoms with Crippen LogP contribution in [0.15, 0.2) is 52.9 Å². The van der Waals surface area contributed by atoms with Gasteiger partial charge in [0.25, 0.3) is 5.91 Å². The van der Waals surface area contributed by atoms with Gasteiger partial charge < -0.3 is 14.6 Å². The predicted octanol–water partition coefficient (Wildman–Crippen LogP) is 4.10. The van der Waals surface area contributed by atoms with Crippen LogP contribution in [0.3, 0.4) is 0 Å². The smallest absolute Gasteiger partial charge is 0.324 e. The number of para-hydroxylation sites is 1. The Morgan fingerprint density at radius 2 is 1.88 bits per heavy atom. The van der Waals surface area contributed by atoms with Crippen molar-refractivity contribution < 1.29 is 18.8 Å². The maximum atomic E-state index is 13.1. The standard InChI is InChI=1S/C25H27N3O4/c1-3-4-8-22-20(19-7-5-6-9-21(19)32-22)16-27(2)24(30)18-12-10-17(11-13-18)15-28-23(29)14-26-25(28)31/h5-7,9-13H,3-4,8,14-16H2,1-2H3,(H,26,31). The zero-order valence-corrected chi connectivity index (χ0v) is 18.4. The van der Waals surface area contributed by atoms with Gasteiger partial charge in [0.2, 0.25) is 5.91 Å². The third-order valence-electron chi connectivity index (χ3n) is 5.76. The van der Waals surface area contributed by atoms with Crippen LogP contribution in [0.4, 0.5) is 4.79 Å². The number of carbonyl (C=O) groups excluding carboxylic acids is 3. The molecule has 1 N–H and O–H groups in total. The molecule has 0 spiro atoms. The van der Waals surface area contributed by atoms with Crippen molar-refractivity contribution in [2.75, 3.05) is 13.6 Å². The van der Waals surface area contributed by atoms with E-state index in [4.69, 9.17) is 4.42 Å². The molecule has 7 heteroatoms. The molecule has 1 saturated heterocycles. The van der Waals surface area contributed by atoms with E-state index in [1.807, 2.05) is 24.3 Å². The van der Waals surface area contributed by atoms with Gasteiger partial charge in [-0.15, -0.1) is 0 Å². The van der Waals surface area contributed by atoms with Gasteiger partial charge >= 0.3 is 6.03 Å². The molecule has 0 bridgehead atoms. The van der Waals surface area contributed by atoms with Crippen LogP contribution in [-0.4, -0.2) is 41.2 Å². The zero-order valence-electron chi connectivity index (χ0n) is 18.4. The van der Waals surface area contributed by atoms with Crippen molar-refractivity contribution >= 4 is 28.8 Å². The molecule has 166 valence electrons. The molecule has 7 nitrogen and oxygen atoms in total. The SMILES string of the molecule is CCCCc1oc2ccccc2c1CN(C)C(=O)c1ccc(CN2C(=O)CNC2=O)cc1. The van der Waals surface area contributed by atoms with Gasteiger partial charge in [0, 0.05) is 36.5 Å². The number of hydrogen-bond donors (Lipinski definition) is 1. The summed E-state index contributed by atoms with van der Waals surface area (Å²) in [5.74, 6) is 0.593. The Hall–Kier alpha value is -3.61. The number of aryl methyl sites for hydroxylation is 1. The van der Waals surface area contributed by atoms with E-state index in [1.54, 1.807) is 36.2 Å². The van der Waals surface area contributed by atoms with Crippen LogP contribution in [0, 0.1) is 0 Å². The number of unbranched alkanes of at least 4 members (excludes halogenated alkanes) is 1. The summed E-state index contributed by atoms with van der Waals surface area (Å²) in [6, 6.07) is 14.6. The highest BCUT2D eigenvalue weighted by Gasteiger charge is 2.28. The molecule has 0 atom stereocenters. The number of imide groups is 1. The number of benzene rings is 2. The van der Waals surface area contributed by atoms with E-state index in [2.05, 4.69) is 12.2 Å². The van der Waals surface area contributed by atoms with Gasteiger partial charge in [0.05, 0.1) is 13.1 Å². The summed E-state index contributed by atoms with van der Waals surface area (Å²) in [5, 5.41) is 3.55. The van der Waals surface area contributed by atoms with Gasteiger partial charge in [-0.25, -0.2) is 4.79 Å². The predicted molar refractivity (Wildman–Crippen MR) is 121 cm³/mol. The fourth-order valence-electron chi connectivity index (χ4n) is 3.94. The molecule has 2 aromatic carbocycles. The Morgan fingerprint density at radius 1 is 1.12 bits per heavy atom. The van der Waals surface area contributed by atoms with Crippen molar-refractivity contribution in [3.8, 4) is 0 Å². The molecular formula is C25H27N3O4. The molecule has 1 aromatic heterocycles. The minimum absolute atomic E-state index is 0.0309. The number of rotatable bonds is 8. The Balaban J connectivity index is 1.48. The second-order valence-electron chi connectivity index (χ2n) is 8.10. The molecule has 0 radical (unpaired) electrons. The first-order valence-corrected chi connectivity index (χ1v) is 10.9. The maximum Gasteiger partial charge on any atom is 0.324 e. The third kappa shape index (κ3) is 4.37. The summed E-state index contributed by atoms with van der Waals surface area (Å²) < 4.78 is 6.08. The number of furan rings is 1. The lowest BCUT2D eigenvalue weighted by molar-refractivity contribution is -0.125. The summed E-state index contributed by atoms with van der Waals surface area (Å²) in [5.41, 5.74) is 3.24. The zero-order chi connectivity index (χ0) is 22.7. The Morgan fingerprint density at radius 3 is 2.56 bits per heavy atom. The lowest BCUT2D eigenvalue weighted by Crippen LogP contribution is -2.30. The fraction of sp³-hybridized carbons (Fsp3) is 0.320. The van der Waals surface area contributed by atoms with E-state index in [-0.39, 0.29) is 30.9 Å². The number of carbonyl (C=O) groups is 3. The average molecular weight is 434 g/mol. The van der Waals surface area contributed by atoms with Crippen molar-refractivity contribution in [2.24, 2.45) is 0 Å². The first-order valence-electron chi connectivity index (χ1n) is 10.9. The Bertz CT molecular complexity index is 1130. The Kier molecular flexibility index (Phi) is 6.25. The summed E-state index contributed by atoms with van der Waals surface area (Å²) in [4.78, 5) is 39.4. The summed E-state index contributed by atoms with van der Waals surface area (Å²) in [7, 11) is 1.79. The number of urea groups is 1. The lowest BCUT2D eigenvalue weighted by atomic mass is 10.1. The quantitative estimate of drug-likeness (QED) is 0.542. The number of fused-ring (bicyclic) bond motifs is 1. The van der Waals surface area contributed by atoms with Crippen LogP contribution in [0.1, 0.15) is 47.0 Å². The molecule has 1 aliphatic rings. The second-order valence-corrected chi connectivity index (χ2v) is 8.10. The van der Waals surface area contributed by atoms with Crippen LogP contribution in [0.2, 0.25) is 0 Å². The molecule has 32 heavy (non-hydrogen) atoms. The third-order valence-corrected chi connectivity index (χ3v) is 5.76. The number of nitrogens with zero attached hydrogens (tertiary/aromatic N) is 2. The molecular weight excluding hydrogens is 406 g/mol.